The summed E-state index contributed by atoms with van der Waals surface area (Å²) >= 11 is 9.63. The van der Waals surface area contributed by atoms with Gasteiger partial charge in [-0.2, -0.15) is 0 Å². The van der Waals surface area contributed by atoms with Crippen LogP contribution < -0.4 is 5.32 Å². The molecule has 5 nitrogen and oxygen atoms in total. The van der Waals surface area contributed by atoms with E-state index in [1.165, 1.54) is 9.99 Å². The van der Waals surface area contributed by atoms with E-state index in [2.05, 4.69) is 57.4 Å². The normalized spacial score (nSPS) is 19.2. The third kappa shape index (κ3) is 9.79. The fourth-order valence-corrected chi connectivity index (χ4v) is 4.62. The molecule has 2 aliphatic heterocycles. The fraction of sp³-hybridized carbons (Fsp3) is 0.440. The molecule has 0 bridgehead atoms. The first-order valence-corrected chi connectivity index (χ1v) is 13.7. The second-order valence-corrected chi connectivity index (χ2v) is 10.8. The summed E-state index contributed by atoms with van der Waals surface area (Å²) in [6.45, 7) is 4.47. The van der Waals surface area contributed by atoms with Gasteiger partial charge in [-0.05, 0) is 144 Å². The molecule has 0 aromatic heterocycles. The number of benzene rings is 2. The van der Waals surface area contributed by atoms with E-state index in [1.54, 1.807) is 12.1 Å². The maximum atomic E-state index is 12.3. The highest BCUT2D eigenvalue weighted by molar-refractivity contribution is 14.1. The summed E-state index contributed by atoms with van der Waals surface area (Å²) in [4.78, 5) is 24.8. The number of aliphatic hydroxyl groups excluding tert-OH is 1. The molecule has 2 aromatic carbocycles. The number of rotatable bonds is 4. The minimum atomic E-state index is -0.406. The highest BCUT2D eigenvalue weighted by Crippen LogP contribution is 2.22. The topological polar surface area (TPSA) is 69.6 Å². The van der Waals surface area contributed by atoms with Crippen molar-refractivity contribution in [2.45, 2.75) is 51.1 Å². The number of carbonyl (C=O) groups excluding carboxylic acids is 2. The van der Waals surface area contributed by atoms with E-state index in [0.29, 0.717) is 24.3 Å². The summed E-state index contributed by atoms with van der Waals surface area (Å²) < 4.78 is 2.27. The van der Waals surface area contributed by atoms with Gasteiger partial charge in [-0.1, -0.05) is 6.92 Å². The van der Waals surface area contributed by atoms with E-state index in [4.69, 9.17) is 16.7 Å². The molecule has 2 fully saturated rings. The Hall–Kier alpha value is -0.750. The molecule has 2 saturated heterocycles. The Kier molecular flexibility index (Phi) is 13.2. The Balaban J connectivity index is 0.000000193. The molecular weight excluding hydrogens is 666 g/mol. The van der Waals surface area contributed by atoms with Gasteiger partial charge >= 0.3 is 0 Å². The molecule has 2 heterocycles. The van der Waals surface area contributed by atoms with Crippen LogP contribution in [0, 0.1) is 7.14 Å². The lowest BCUT2D eigenvalue weighted by Crippen LogP contribution is -2.35. The summed E-state index contributed by atoms with van der Waals surface area (Å²) in [5, 5.41) is 11.3. The molecule has 0 saturated carbocycles. The van der Waals surface area contributed by atoms with Crippen molar-refractivity contribution in [3.63, 3.8) is 0 Å². The zero-order valence-electron chi connectivity index (χ0n) is 18.8. The standard InChI is InChI=1S/C13H16INO.C7H4ClIO.C5H11NO/c1-2-12-4-3-9-15(12)13(16)10-5-7-11(14)8-6-10;8-7(10)5-1-3-6(9)4-2-5;7-4-5-2-1-3-6-5/h5-8,12H,2-4,9H2,1H3;1-4H;5-7H,1-4H2/t12-;;5-/m1.0/s1. The minimum absolute atomic E-state index is 0.195. The van der Waals surface area contributed by atoms with Gasteiger partial charge in [0.15, 0.2) is 0 Å². The summed E-state index contributed by atoms with van der Waals surface area (Å²) in [6, 6.07) is 15.8. The van der Waals surface area contributed by atoms with Crippen LogP contribution in [0.3, 0.4) is 0 Å². The van der Waals surface area contributed by atoms with Crippen molar-refractivity contribution < 1.29 is 14.7 Å². The predicted molar refractivity (Wildman–Crippen MR) is 151 cm³/mol. The summed E-state index contributed by atoms with van der Waals surface area (Å²) in [7, 11) is 0. The van der Waals surface area contributed by atoms with Gasteiger partial charge in [0.25, 0.3) is 11.1 Å². The van der Waals surface area contributed by atoms with Crippen molar-refractivity contribution in [1.82, 2.24) is 10.2 Å². The molecule has 2 aromatic rings. The third-order valence-corrected chi connectivity index (χ3v) is 7.31. The molecule has 0 aliphatic carbocycles. The van der Waals surface area contributed by atoms with Crippen LogP contribution in [0.25, 0.3) is 0 Å². The number of halogens is 3. The van der Waals surface area contributed by atoms with E-state index in [9.17, 15) is 9.59 Å². The van der Waals surface area contributed by atoms with Crippen LogP contribution in [-0.4, -0.2) is 52.9 Å². The Labute approximate surface area is 228 Å². The molecule has 2 atom stereocenters. The third-order valence-electron chi connectivity index (χ3n) is 5.65. The van der Waals surface area contributed by atoms with Crippen LogP contribution in [0.15, 0.2) is 48.5 Å². The first-order chi connectivity index (χ1) is 15.8. The van der Waals surface area contributed by atoms with Gasteiger partial charge in [0.05, 0.1) is 6.61 Å². The van der Waals surface area contributed by atoms with Crippen molar-refractivity contribution in [2.24, 2.45) is 0 Å². The fourth-order valence-electron chi connectivity index (χ4n) is 3.78. The molecule has 0 radical (unpaired) electrons. The SMILES string of the molecule is CC[C@@H]1CCCN1C(=O)c1ccc(I)cc1.O=C(Cl)c1ccc(I)cc1.OC[C@@H]1CCCN1. The summed E-state index contributed by atoms with van der Waals surface area (Å²) in [5.41, 5.74) is 1.36. The van der Waals surface area contributed by atoms with Gasteiger partial charge in [0.2, 0.25) is 0 Å². The Bertz CT molecular complexity index is 872. The van der Waals surface area contributed by atoms with Gasteiger partial charge in [0, 0.05) is 36.9 Å². The van der Waals surface area contributed by atoms with Crippen LogP contribution in [-0.2, 0) is 0 Å². The molecule has 4 rings (SSSR count). The number of carbonyl (C=O) groups is 2. The number of nitrogens with zero attached hydrogens (tertiary/aromatic N) is 1. The van der Waals surface area contributed by atoms with E-state index < -0.39 is 5.24 Å². The van der Waals surface area contributed by atoms with E-state index in [-0.39, 0.29) is 5.91 Å². The Morgan fingerprint density at radius 3 is 2.00 bits per heavy atom. The number of likely N-dealkylation sites (tertiary alicyclic amines) is 1. The lowest BCUT2D eigenvalue weighted by molar-refractivity contribution is 0.0733. The molecule has 2 aliphatic rings. The molecule has 2 N–H and O–H groups in total. The summed E-state index contributed by atoms with van der Waals surface area (Å²) in [6.07, 6.45) is 5.75. The number of aliphatic hydroxyl groups is 1. The predicted octanol–water partition coefficient (Wildman–Crippen LogP) is 5.71. The average molecular weight is 697 g/mol. The zero-order chi connectivity index (χ0) is 24.2. The minimum Gasteiger partial charge on any atom is -0.395 e. The van der Waals surface area contributed by atoms with Gasteiger partial charge in [-0.3, -0.25) is 9.59 Å². The summed E-state index contributed by atoms with van der Waals surface area (Å²) in [5.74, 6) is 0.195. The van der Waals surface area contributed by atoms with Crippen LogP contribution in [0.5, 0.6) is 0 Å². The second kappa shape index (κ2) is 15.3. The van der Waals surface area contributed by atoms with Crippen molar-refractivity contribution in [3.8, 4) is 0 Å². The van der Waals surface area contributed by atoms with Gasteiger partial charge < -0.3 is 15.3 Å². The average Bonchev–Trinajstić information content (AvgIpc) is 3.52. The van der Waals surface area contributed by atoms with E-state index in [1.807, 2.05) is 41.3 Å². The maximum Gasteiger partial charge on any atom is 0.254 e. The molecular formula is C25H31ClI2N2O3. The van der Waals surface area contributed by atoms with Gasteiger partial charge in [-0.15, -0.1) is 0 Å². The highest BCUT2D eigenvalue weighted by Gasteiger charge is 2.27. The van der Waals surface area contributed by atoms with Crippen molar-refractivity contribution in [3.05, 3.63) is 66.8 Å². The van der Waals surface area contributed by atoms with Crippen LogP contribution in [0.1, 0.15) is 59.7 Å². The lowest BCUT2D eigenvalue weighted by atomic mass is 10.1. The number of hydrogen-bond acceptors (Lipinski definition) is 4. The quantitative estimate of drug-likeness (QED) is 0.318. The zero-order valence-corrected chi connectivity index (χ0v) is 23.8. The number of hydrogen-bond donors (Lipinski definition) is 2. The van der Waals surface area contributed by atoms with E-state index >= 15 is 0 Å². The van der Waals surface area contributed by atoms with E-state index in [0.717, 1.165) is 47.9 Å². The number of amides is 1. The molecule has 1 amide bonds. The van der Waals surface area contributed by atoms with Crippen LogP contribution in [0.4, 0.5) is 0 Å². The molecule has 0 unspecified atom stereocenters. The molecule has 180 valence electrons. The van der Waals surface area contributed by atoms with Crippen LogP contribution in [0.2, 0.25) is 0 Å². The van der Waals surface area contributed by atoms with Crippen molar-refractivity contribution in [2.75, 3.05) is 19.7 Å². The molecule has 8 heteroatoms. The largest absolute Gasteiger partial charge is 0.395 e. The van der Waals surface area contributed by atoms with Gasteiger partial charge in [0.1, 0.15) is 0 Å². The Morgan fingerprint density at radius 1 is 1.00 bits per heavy atom. The molecule has 0 spiro atoms. The highest BCUT2D eigenvalue weighted by atomic mass is 127. The first-order valence-electron chi connectivity index (χ1n) is 11.2. The Morgan fingerprint density at radius 2 is 1.58 bits per heavy atom. The first kappa shape index (κ1) is 28.5. The number of nitrogens with one attached hydrogen (secondary N) is 1. The smallest absolute Gasteiger partial charge is 0.254 e. The van der Waals surface area contributed by atoms with Gasteiger partial charge in [-0.25, -0.2) is 0 Å². The monoisotopic (exact) mass is 696 g/mol. The maximum absolute atomic E-state index is 12.3. The van der Waals surface area contributed by atoms with Crippen molar-refractivity contribution >= 4 is 67.9 Å². The van der Waals surface area contributed by atoms with Crippen LogP contribution >= 0.6 is 56.8 Å². The van der Waals surface area contributed by atoms with Crippen molar-refractivity contribution in [1.29, 1.82) is 0 Å². The molecule has 33 heavy (non-hydrogen) atoms. The second-order valence-electron chi connectivity index (χ2n) is 7.97. The lowest BCUT2D eigenvalue weighted by Gasteiger charge is -2.23.